The molecule has 3 rings (SSSR count). The number of rotatable bonds is 6. The Bertz CT molecular complexity index is 683. The molecule has 144 valence electrons. The van der Waals surface area contributed by atoms with Crippen LogP contribution in [0.3, 0.4) is 0 Å². The van der Waals surface area contributed by atoms with Gasteiger partial charge in [-0.1, -0.05) is 48.9 Å². The Morgan fingerprint density at radius 3 is 2.27 bits per heavy atom. The molecule has 1 amide bonds. The van der Waals surface area contributed by atoms with Crippen LogP contribution in [0.25, 0.3) is 0 Å². The first kappa shape index (κ1) is 19.9. The number of amides is 1. The van der Waals surface area contributed by atoms with Crippen molar-refractivity contribution >= 4 is 29.1 Å². The minimum atomic E-state index is -0.839. The smallest absolute Gasteiger partial charge is 0.224 e. The molecule has 0 unspecified atom stereocenters. The molecule has 26 heavy (non-hydrogen) atoms. The van der Waals surface area contributed by atoms with Crippen molar-refractivity contribution in [3.05, 3.63) is 33.6 Å². The van der Waals surface area contributed by atoms with Gasteiger partial charge in [-0.15, -0.1) is 0 Å². The van der Waals surface area contributed by atoms with Crippen molar-refractivity contribution in [1.29, 1.82) is 0 Å². The van der Waals surface area contributed by atoms with Crippen LogP contribution in [0.2, 0.25) is 10.0 Å². The van der Waals surface area contributed by atoms with Crippen LogP contribution in [0.15, 0.2) is 12.1 Å². The van der Waals surface area contributed by atoms with Gasteiger partial charge in [0, 0.05) is 18.1 Å². The molecule has 0 radical (unpaired) electrons. The predicted octanol–water partition coefficient (Wildman–Crippen LogP) is 5.20. The number of nitrogens with two attached hydrogens (primary N) is 1. The Hall–Kier alpha value is -0.840. The van der Waals surface area contributed by atoms with Crippen molar-refractivity contribution in [2.75, 3.05) is 6.61 Å². The topological polar surface area (TPSA) is 63.3 Å². The fourth-order valence-electron chi connectivity index (χ4n) is 5.64. The molecule has 1 atom stereocenters. The van der Waals surface area contributed by atoms with Gasteiger partial charge in [0.25, 0.3) is 0 Å². The zero-order valence-corrected chi connectivity index (χ0v) is 16.4. The number of benzene rings is 1. The zero-order valence-electron chi connectivity index (χ0n) is 14.9. The quantitative estimate of drug-likeness (QED) is 0.642. The normalized spacial score (nSPS) is 22.5. The standard InChI is InChI=1S/C20H26Cl2FNO2/c21-13-5-6-14(23)15(16(13)22)17(19(11-12-25)7-1-2-8-19)20(18(24)26)9-3-4-10-20/h5-6,17,25H,1-4,7-12H2,(H2,24,26)/t17-/m0/s1. The molecule has 0 heterocycles. The van der Waals surface area contributed by atoms with Crippen LogP contribution in [-0.2, 0) is 4.79 Å². The number of halogens is 3. The van der Waals surface area contributed by atoms with E-state index < -0.39 is 17.2 Å². The molecule has 0 aromatic heterocycles. The lowest BCUT2D eigenvalue weighted by Crippen LogP contribution is -2.47. The van der Waals surface area contributed by atoms with Gasteiger partial charge in [0.05, 0.1) is 15.5 Å². The van der Waals surface area contributed by atoms with Crippen molar-refractivity contribution in [2.45, 2.75) is 63.7 Å². The van der Waals surface area contributed by atoms with Crippen molar-refractivity contribution in [3.8, 4) is 0 Å². The van der Waals surface area contributed by atoms with Gasteiger partial charge in [0.15, 0.2) is 0 Å². The minimum absolute atomic E-state index is 0.00878. The van der Waals surface area contributed by atoms with Crippen LogP contribution in [0, 0.1) is 16.6 Å². The van der Waals surface area contributed by atoms with Crippen LogP contribution in [0.4, 0.5) is 4.39 Å². The van der Waals surface area contributed by atoms with Crippen LogP contribution < -0.4 is 5.73 Å². The highest BCUT2D eigenvalue weighted by Gasteiger charge is 2.57. The number of carbonyl (C=O) groups excluding carboxylic acids is 1. The molecular formula is C20H26Cl2FNO2. The van der Waals surface area contributed by atoms with E-state index >= 15 is 4.39 Å². The van der Waals surface area contributed by atoms with E-state index in [2.05, 4.69) is 0 Å². The first-order valence-electron chi connectivity index (χ1n) is 9.42. The summed E-state index contributed by atoms with van der Waals surface area (Å²) in [6, 6.07) is 2.76. The Kier molecular flexibility index (Phi) is 5.86. The maximum Gasteiger partial charge on any atom is 0.224 e. The van der Waals surface area contributed by atoms with Gasteiger partial charge in [-0.3, -0.25) is 4.79 Å². The van der Waals surface area contributed by atoms with E-state index in [1.54, 1.807) is 0 Å². The Balaban J connectivity index is 2.27. The minimum Gasteiger partial charge on any atom is -0.396 e. The lowest BCUT2D eigenvalue weighted by Gasteiger charge is -2.47. The molecular weight excluding hydrogens is 376 g/mol. The summed E-state index contributed by atoms with van der Waals surface area (Å²) in [6.07, 6.45) is 7.17. The number of aliphatic hydroxyl groups excluding tert-OH is 1. The molecule has 0 spiro atoms. The van der Waals surface area contributed by atoms with E-state index in [1.807, 2.05) is 0 Å². The lowest BCUT2D eigenvalue weighted by atomic mass is 9.56. The third-order valence-electron chi connectivity index (χ3n) is 6.73. The summed E-state index contributed by atoms with van der Waals surface area (Å²) in [5.41, 5.74) is 5.02. The summed E-state index contributed by atoms with van der Waals surface area (Å²) in [5.74, 6) is -1.29. The molecule has 2 aliphatic rings. The van der Waals surface area contributed by atoms with Crippen LogP contribution in [-0.4, -0.2) is 17.6 Å². The average Bonchev–Trinajstić information content (AvgIpc) is 3.26. The molecule has 1 aromatic carbocycles. The third kappa shape index (κ3) is 3.14. The van der Waals surface area contributed by atoms with E-state index in [4.69, 9.17) is 28.9 Å². The number of carbonyl (C=O) groups is 1. The van der Waals surface area contributed by atoms with E-state index in [0.717, 1.165) is 38.5 Å². The number of primary amides is 1. The average molecular weight is 402 g/mol. The van der Waals surface area contributed by atoms with Gasteiger partial charge in [-0.25, -0.2) is 4.39 Å². The molecule has 6 heteroatoms. The largest absolute Gasteiger partial charge is 0.396 e. The van der Waals surface area contributed by atoms with E-state index in [0.29, 0.717) is 24.8 Å². The predicted molar refractivity (Wildman–Crippen MR) is 102 cm³/mol. The fraction of sp³-hybridized carbons (Fsp3) is 0.650. The molecule has 0 aliphatic heterocycles. The summed E-state index contributed by atoms with van der Waals surface area (Å²) in [7, 11) is 0. The number of hydrogen-bond acceptors (Lipinski definition) is 2. The highest BCUT2D eigenvalue weighted by atomic mass is 35.5. The summed E-state index contributed by atoms with van der Waals surface area (Å²) < 4.78 is 15.1. The van der Waals surface area contributed by atoms with Gasteiger partial charge in [0.1, 0.15) is 5.82 Å². The molecule has 1 aromatic rings. The van der Waals surface area contributed by atoms with Crippen molar-refractivity contribution in [3.63, 3.8) is 0 Å². The first-order valence-corrected chi connectivity index (χ1v) is 10.2. The molecule has 0 saturated heterocycles. The van der Waals surface area contributed by atoms with Gasteiger partial charge in [-0.05, 0) is 49.7 Å². The maximum absolute atomic E-state index is 15.1. The van der Waals surface area contributed by atoms with Crippen LogP contribution >= 0.6 is 23.2 Å². The number of hydrogen-bond donors (Lipinski definition) is 2. The Morgan fingerprint density at radius 1 is 1.15 bits per heavy atom. The summed E-state index contributed by atoms with van der Waals surface area (Å²) in [6.45, 7) is -0.00878. The highest BCUT2D eigenvalue weighted by Crippen LogP contribution is 2.63. The second-order valence-electron chi connectivity index (χ2n) is 7.96. The summed E-state index contributed by atoms with van der Waals surface area (Å²) >= 11 is 12.7. The SMILES string of the molecule is NC(=O)C1([C@@H](c2c(F)ccc(Cl)c2Cl)C2(CCO)CCCC2)CCCC1. The molecule has 2 fully saturated rings. The molecule has 0 bridgehead atoms. The van der Waals surface area contributed by atoms with Crippen molar-refractivity contribution in [1.82, 2.24) is 0 Å². The second kappa shape index (κ2) is 7.65. The van der Waals surface area contributed by atoms with E-state index in [1.165, 1.54) is 12.1 Å². The maximum atomic E-state index is 15.1. The van der Waals surface area contributed by atoms with Gasteiger partial charge in [0.2, 0.25) is 5.91 Å². The third-order valence-corrected chi connectivity index (χ3v) is 7.55. The Labute approximate surface area is 164 Å². The molecule has 3 nitrogen and oxygen atoms in total. The Morgan fingerprint density at radius 2 is 1.73 bits per heavy atom. The zero-order chi connectivity index (χ0) is 18.9. The lowest BCUT2D eigenvalue weighted by molar-refractivity contribution is -0.131. The van der Waals surface area contributed by atoms with Crippen molar-refractivity contribution < 1.29 is 14.3 Å². The summed E-state index contributed by atoms with van der Waals surface area (Å²) in [4.78, 5) is 12.7. The molecule has 2 aliphatic carbocycles. The van der Waals surface area contributed by atoms with Crippen LogP contribution in [0.5, 0.6) is 0 Å². The summed E-state index contributed by atoms with van der Waals surface area (Å²) in [5, 5.41) is 10.2. The monoisotopic (exact) mass is 401 g/mol. The fourth-order valence-corrected chi connectivity index (χ4v) is 6.07. The number of aliphatic hydroxyl groups is 1. The highest BCUT2D eigenvalue weighted by molar-refractivity contribution is 6.42. The van der Waals surface area contributed by atoms with Gasteiger partial charge in [-0.2, -0.15) is 0 Å². The van der Waals surface area contributed by atoms with E-state index in [-0.39, 0.29) is 28.0 Å². The molecule has 3 N–H and O–H groups in total. The first-order chi connectivity index (χ1) is 12.4. The van der Waals surface area contributed by atoms with E-state index in [9.17, 15) is 9.90 Å². The van der Waals surface area contributed by atoms with Gasteiger partial charge >= 0.3 is 0 Å². The van der Waals surface area contributed by atoms with Crippen molar-refractivity contribution in [2.24, 2.45) is 16.6 Å². The van der Waals surface area contributed by atoms with Crippen LogP contribution in [0.1, 0.15) is 69.3 Å². The second-order valence-corrected chi connectivity index (χ2v) is 8.75. The molecule has 2 saturated carbocycles. The van der Waals surface area contributed by atoms with Gasteiger partial charge < -0.3 is 10.8 Å².